The number of halogens is 7. The van der Waals surface area contributed by atoms with Crippen LogP contribution in [0, 0.1) is 0 Å². The first kappa shape index (κ1) is 53.5. The third-order valence-corrected chi connectivity index (χ3v) is 12.0. The molecule has 4 aromatic heterocycles. The first-order chi connectivity index (χ1) is 33.9. The molecule has 27 heteroatoms. The molecule has 2 aliphatic rings. The van der Waals surface area contributed by atoms with Gasteiger partial charge in [0.2, 0.25) is 0 Å². The normalized spacial score (nSPS) is 13.7. The maximum Gasteiger partial charge on any atom is 0.419 e. The number of ether oxygens (including phenoxy) is 4. The summed E-state index contributed by atoms with van der Waals surface area (Å²) in [6.07, 6.45) is -7.90. The van der Waals surface area contributed by atoms with Crippen LogP contribution in [0.5, 0.6) is 11.5 Å². The Kier molecular flexibility index (Phi) is 18.3. The number of carbonyl (C=O) groups is 2. The zero-order valence-corrected chi connectivity index (χ0v) is 40.6. The van der Waals surface area contributed by atoms with Crippen LogP contribution in [0.25, 0.3) is 0 Å². The van der Waals surface area contributed by atoms with E-state index in [2.05, 4.69) is 56.3 Å². The molecule has 0 bridgehead atoms. The summed E-state index contributed by atoms with van der Waals surface area (Å²) in [5, 5.41) is 13.3. The summed E-state index contributed by atoms with van der Waals surface area (Å²) in [7, 11) is 5.96. The van der Waals surface area contributed by atoms with Crippen LogP contribution in [-0.2, 0) is 21.8 Å². The van der Waals surface area contributed by atoms with E-state index in [9.17, 15) is 35.9 Å². The first-order valence-electron chi connectivity index (χ1n) is 21.1. The Hall–Kier alpha value is -6.87. The maximum absolute atomic E-state index is 13.7. The van der Waals surface area contributed by atoms with Crippen molar-refractivity contribution < 1.29 is 54.9 Å². The number of benzene rings is 2. The van der Waals surface area contributed by atoms with Gasteiger partial charge in [-0.3, -0.25) is 9.59 Å². The number of anilines is 9. The van der Waals surface area contributed by atoms with Crippen LogP contribution in [0.3, 0.4) is 0 Å². The van der Waals surface area contributed by atoms with E-state index in [0.29, 0.717) is 36.5 Å². The molecule has 2 saturated heterocycles. The van der Waals surface area contributed by atoms with Gasteiger partial charge < -0.3 is 61.1 Å². The number of pyridine rings is 2. The zero-order valence-electron chi connectivity index (χ0n) is 38.3. The molecule has 7 N–H and O–H groups in total. The molecule has 2 aromatic carbocycles. The number of nitrogen functional groups attached to an aromatic ring is 1. The Morgan fingerprint density at radius 3 is 1.59 bits per heavy atom. The van der Waals surface area contributed by atoms with E-state index in [1.807, 2.05) is 30.3 Å². The minimum Gasteiger partial charge on any atom is -0.495 e. The molecule has 2 fully saturated rings. The van der Waals surface area contributed by atoms with Crippen molar-refractivity contribution >= 4 is 96.0 Å². The van der Waals surface area contributed by atoms with Crippen LogP contribution >= 0.6 is 34.3 Å². The summed E-state index contributed by atoms with van der Waals surface area (Å²) in [5.41, 5.74) is 9.26. The van der Waals surface area contributed by atoms with Crippen LogP contribution in [0.2, 0.25) is 5.15 Å². The summed E-state index contributed by atoms with van der Waals surface area (Å²) in [5.74, 6) is 0.379. The number of rotatable bonds is 12. The van der Waals surface area contributed by atoms with Gasteiger partial charge in [-0.25, -0.2) is 19.9 Å². The second-order valence-electron chi connectivity index (χ2n) is 14.8. The number of morpholine rings is 2. The SMILES string of the molecule is CNC(=O)c1ncsc1Nc1cc(Cl)ncc1C(F)(F)F.CNC(=O)c1ncsc1Nc1cc(Nc2ccc(N3CCOCC3)cc2OC)ncc1C(F)(F)F.COc1cc(N2CCOCC2)ccc1N. The van der Waals surface area contributed by atoms with Gasteiger partial charge in [0, 0.05) is 82.2 Å². The maximum atomic E-state index is 13.7. The number of methoxy groups -OCH3 is 2. The molecule has 0 atom stereocenters. The fraction of sp³-hybridized carbons (Fsp3) is 0.318. The van der Waals surface area contributed by atoms with Crippen LogP contribution in [0.15, 0.2) is 71.9 Å². The van der Waals surface area contributed by atoms with E-state index in [1.165, 1.54) is 38.3 Å². The Morgan fingerprint density at radius 1 is 0.648 bits per heavy atom. The summed E-state index contributed by atoms with van der Waals surface area (Å²) in [6.45, 7) is 6.19. The molecule has 0 spiro atoms. The molecular weight excluding hydrogens is 1010 g/mol. The number of thiazole rings is 2. The van der Waals surface area contributed by atoms with Crippen molar-refractivity contribution in [2.75, 3.05) is 112 Å². The van der Waals surface area contributed by atoms with Gasteiger partial charge in [0.25, 0.3) is 11.8 Å². The van der Waals surface area contributed by atoms with Gasteiger partial charge >= 0.3 is 12.4 Å². The van der Waals surface area contributed by atoms with Crippen molar-refractivity contribution in [1.29, 1.82) is 0 Å². The second-order valence-corrected chi connectivity index (χ2v) is 16.9. The van der Waals surface area contributed by atoms with Crippen LogP contribution in [0.1, 0.15) is 32.1 Å². The average Bonchev–Trinajstić information content (AvgIpc) is 4.04. The Labute approximate surface area is 415 Å². The fourth-order valence-electron chi connectivity index (χ4n) is 6.74. The smallest absolute Gasteiger partial charge is 0.419 e. The van der Waals surface area contributed by atoms with Gasteiger partial charge in [0.05, 0.1) is 85.5 Å². The van der Waals surface area contributed by atoms with Crippen molar-refractivity contribution in [3.05, 3.63) is 99.6 Å². The molecule has 0 unspecified atom stereocenters. The van der Waals surface area contributed by atoms with Gasteiger partial charge in [-0.2, -0.15) is 26.3 Å². The summed E-state index contributed by atoms with van der Waals surface area (Å²) < 4.78 is 101. The van der Waals surface area contributed by atoms with E-state index in [4.69, 9.17) is 36.3 Å². The van der Waals surface area contributed by atoms with Gasteiger partial charge in [0.1, 0.15) is 32.5 Å². The van der Waals surface area contributed by atoms with Crippen molar-refractivity contribution in [3.63, 3.8) is 0 Å². The minimum atomic E-state index is -4.66. The van der Waals surface area contributed by atoms with Crippen LogP contribution in [-0.4, -0.2) is 113 Å². The molecule has 18 nitrogen and oxygen atoms in total. The van der Waals surface area contributed by atoms with Gasteiger partial charge in [0.15, 0.2) is 11.4 Å². The lowest BCUT2D eigenvalue weighted by atomic mass is 10.2. The highest BCUT2D eigenvalue weighted by Crippen LogP contribution is 2.41. The molecule has 2 amide bonds. The van der Waals surface area contributed by atoms with E-state index in [-0.39, 0.29) is 43.7 Å². The van der Waals surface area contributed by atoms with E-state index >= 15 is 0 Å². The Balaban J connectivity index is 0.000000193. The number of carbonyl (C=O) groups excluding carboxylic acids is 2. The third-order valence-electron chi connectivity index (χ3n) is 10.3. The predicted octanol–water partition coefficient (Wildman–Crippen LogP) is 8.68. The number of nitrogens with zero attached hydrogens (tertiary/aromatic N) is 6. The number of aromatic nitrogens is 4. The molecule has 0 aliphatic carbocycles. The highest BCUT2D eigenvalue weighted by atomic mass is 35.5. The topological polar surface area (TPSA) is 215 Å². The highest BCUT2D eigenvalue weighted by molar-refractivity contribution is 7.14. The number of nitrogens with one attached hydrogen (secondary N) is 5. The minimum absolute atomic E-state index is 0.00248. The number of alkyl halides is 6. The Bertz CT molecular complexity index is 2750. The van der Waals surface area contributed by atoms with Crippen LogP contribution in [0.4, 0.5) is 76.3 Å². The molecule has 71 heavy (non-hydrogen) atoms. The average molecular weight is 1050 g/mol. The number of nitrogens with two attached hydrogens (primary N) is 1. The van der Waals surface area contributed by atoms with Crippen molar-refractivity contribution in [2.24, 2.45) is 0 Å². The second kappa shape index (κ2) is 24.3. The standard InChI is InChI=1S/C22H23F3N6O3S.C11H8ClF3N4OS.C11H16N2O2/c1-26-20(32)19-21(35-12-28-19)30-16-10-18(27-11-14(16)22(23,24)25)29-15-4-3-13(9-17(15)33-2)31-5-7-34-8-6-31;1-16-9(20)8-10(21-4-18-8)19-6-2-7(12)17-3-5(6)11(13,14)15;1-14-11-8-9(2-3-10(11)12)13-4-6-15-7-5-13/h3-4,9-12H,5-8H2,1-2H3,(H,26,32)(H2,27,29,30);2-4H,1H3,(H,16,20)(H,17,19);2-3,8H,4-7,12H2,1H3. The first-order valence-corrected chi connectivity index (χ1v) is 23.3. The lowest BCUT2D eigenvalue weighted by molar-refractivity contribution is -0.138. The summed E-state index contributed by atoms with van der Waals surface area (Å²) >= 11 is 7.64. The number of amides is 2. The molecular formula is C44H47ClF6N12O6S2. The summed E-state index contributed by atoms with van der Waals surface area (Å²) in [6, 6.07) is 13.7. The largest absolute Gasteiger partial charge is 0.495 e. The van der Waals surface area contributed by atoms with E-state index in [0.717, 1.165) is 91.5 Å². The monoisotopic (exact) mass is 1050 g/mol. The Morgan fingerprint density at radius 2 is 1.11 bits per heavy atom. The number of hydrogen-bond donors (Lipinski definition) is 6. The molecule has 6 aromatic rings. The van der Waals surface area contributed by atoms with Gasteiger partial charge in [-0.15, -0.1) is 22.7 Å². The number of hydrogen-bond acceptors (Lipinski definition) is 18. The molecule has 380 valence electrons. The molecule has 0 saturated carbocycles. The third kappa shape index (κ3) is 14.1. The van der Waals surface area contributed by atoms with Gasteiger partial charge in [-0.1, -0.05) is 11.6 Å². The van der Waals surface area contributed by atoms with Crippen molar-refractivity contribution in [1.82, 2.24) is 30.6 Å². The molecule has 6 heterocycles. The highest BCUT2D eigenvalue weighted by Gasteiger charge is 2.36. The lowest BCUT2D eigenvalue weighted by Crippen LogP contribution is -2.36. The fourth-order valence-corrected chi connectivity index (χ4v) is 8.28. The summed E-state index contributed by atoms with van der Waals surface area (Å²) in [4.78, 5) is 43.1. The molecule has 8 rings (SSSR count). The van der Waals surface area contributed by atoms with E-state index < -0.39 is 35.3 Å². The van der Waals surface area contributed by atoms with Crippen molar-refractivity contribution in [3.8, 4) is 11.5 Å². The van der Waals surface area contributed by atoms with E-state index in [1.54, 1.807) is 13.2 Å². The van der Waals surface area contributed by atoms with Gasteiger partial charge in [-0.05, 0) is 30.3 Å². The molecule has 0 radical (unpaired) electrons. The lowest BCUT2D eigenvalue weighted by Gasteiger charge is -2.29. The van der Waals surface area contributed by atoms with Crippen LogP contribution < -0.4 is 51.6 Å². The zero-order chi connectivity index (χ0) is 51.3. The molecule has 2 aliphatic heterocycles. The quantitative estimate of drug-likeness (QED) is 0.0384. The van der Waals surface area contributed by atoms with Crippen molar-refractivity contribution in [2.45, 2.75) is 12.4 Å². The predicted molar refractivity (Wildman–Crippen MR) is 261 cm³/mol.